The molecule has 1 saturated heterocycles. The van der Waals surface area contributed by atoms with Crippen LogP contribution in [0.5, 0.6) is 0 Å². The molecule has 6 nitrogen and oxygen atoms in total. The number of hydrogen-bond acceptors (Lipinski definition) is 4. The Hall–Kier alpha value is -2.65. The molecule has 25 heavy (non-hydrogen) atoms. The number of anilines is 1. The van der Waals surface area contributed by atoms with Crippen molar-refractivity contribution in [3.8, 4) is 11.8 Å². The molecule has 1 aromatic heterocycles. The predicted molar refractivity (Wildman–Crippen MR) is 96.3 cm³/mol. The number of carbonyl (C=O) groups excluding carboxylic acids is 1. The third kappa shape index (κ3) is 3.72. The maximum Gasteiger partial charge on any atom is 0.239 e. The molecule has 1 amide bonds. The van der Waals surface area contributed by atoms with Gasteiger partial charge in [-0.05, 0) is 37.4 Å². The molecular formula is C19H23N5O. The summed E-state index contributed by atoms with van der Waals surface area (Å²) in [6.07, 6.45) is 3.74. The molecule has 1 unspecified atom stereocenters. The Morgan fingerprint density at radius 1 is 1.40 bits per heavy atom. The van der Waals surface area contributed by atoms with Crippen LogP contribution >= 0.6 is 0 Å². The first-order chi connectivity index (χ1) is 12.1. The number of nitrogens with zero attached hydrogens (tertiary/aromatic N) is 4. The smallest absolute Gasteiger partial charge is 0.239 e. The largest absolute Gasteiger partial charge is 0.308 e. The van der Waals surface area contributed by atoms with Crippen LogP contribution in [-0.4, -0.2) is 39.7 Å². The van der Waals surface area contributed by atoms with Crippen molar-refractivity contribution in [2.24, 2.45) is 5.92 Å². The standard InChI is InChI=1S/C19H23N5O/c1-14(2)17-9-6-10-23(17)13-18(25)22-19-15(11-20)12-21-24(19)16-7-4-3-5-8-16/h3-5,7-8,12,14,17H,6,9-10,13H2,1-2H3,(H,22,25). The first-order valence-electron chi connectivity index (χ1n) is 8.67. The lowest BCUT2D eigenvalue weighted by Gasteiger charge is -2.26. The number of rotatable bonds is 5. The number of aromatic nitrogens is 2. The van der Waals surface area contributed by atoms with Gasteiger partial charge in [-0.15, -0.1) is 0 Å². The van der Waals surface area contributed by atoms with E-state index in [1.165, 1.54) is 6.20 Å². The van der Waals surface area contributed by atoms with Crippen molar-refractivity contribution >= 4 is 11.7 Å². The van der Waals surface area contributed by atoms with Crippen LogP contribution in [0, 0.1) is 17.2 Å². The minimum atomic E-state index is -0.110. The molecule has 1 aliphatic rings. The third-order valence-corrected chi connectivity index (χ3v) is 4.68. The highest BCUT2D eigenvalue weighted by Crippen LogP contribution is 2.24. The van der Waals surface area contributed by atoms with Gasteiger partial charge in [0, 0.05) is 6.04 Å². The Kier molecular flexibility index (Phi) is 5.15. The second-order valence-corrected chi connectivity index (χ2v) is 6.74. The Labute approximate surface area is 148 Å². The second-order valence-electron chi connectivity index (χ2n) is 6.74. The number of hydrogen-bond donors (Lipinski definition) is 1. The maximum absolute atomic E-state index is 12.6. The van der Waals surface area contributed by atoms with E-state index in [4.69, 9.17) is 0 Å². The summed E-state index contributed by atoms with van der Waals surface area (Å²) in [6.45, 7) is 5.67. The van der Waals surface area contributed by atoms with Gasteiger partial charge in [-0.3, -0.25) is 9.69 Å². The van der Waals surface area contributed by atoms with Gasteiger partial charge < -0.3 is 5.32 Å². The third-order valence-electron chi connectivity index (χ3n) is 4.68. The fourth-order valence-corrected chi connectivity index (χ4v) is 3.47. The molecule has 0 bridgehead atoms. The molecule has 1 atom stereocenters. The Morgan fingerprint density at radius 3 is 2.84 bits per heavy atom. The summed E-state index contributed by atoms with van der Waals surface area (Å²) in [5, 5.41) is 16.5. The molecule has 6 heteroatoms. The van der Waals surface area contributed by atoms with Crippen molar-refractivity contribution in [1.82, 2.24) is 14.7 Å². The molecular weight excluding hydrogens is 314 g/mol. The van der Waals surface area contributed by atoms with Gasteiger partial charge >= 0.3 is 0 Å². The van der Waals surface area contributed by atoms with Crippen LogP contribution in [0.15, 0.2) is 36.5 Å². The lowest BCUT2D eigenvalue weighted by Crippen LogP contribution is -2.39. The maximum atomic E-state index is 12.6. The summed E-state index contributed by atoms with van der Waals surface area (Å²) in [5.41, 5.74) is 1.17. The molecule has 2 aromatic rings. The fraction of sp³-hybridized carbons (Fsp3) is 0.421. The van der Waals surface area contributed by atoms with Crippen molar-refractivity contribution in [3.05, 3.63) is 42.1 Å². The van der Waals surface area contributed by atoms with E-state index in [0.29, 0.717) is 29.9 Å². The zero-order valence-electron chi connectivity index (χ0n) is 14.6. The number of para-hydroxylation sites is 1. The number of carbonyl (C=O) groups is 1. The number of nitrogens with one attached hydrogen (secondary N) is 1. The predicted octanol–water partition coefficient (Wildman–Crippen LogP) is 2.80. The van der Waals surface area contributed by atoms with Gasteiger partial charge in [-0.25, -0.2) is 4.68 Å². The van der Waals surface area contributed by atoms with Crippen molar-refractivity contribution in [2.75, 3.05) is 18.4 Å². The van der Waals surface area contributed by atoms with E-state index in [-0.39, 0.29) is 5.91 Å². The SMILES string of the molecule is CC(C)C1CCCN1CC(=O)Nc1c(C#N)cnn1-c1ccccc1. The van der Waals surface area contributed by atoms with E-state index in [0.717, 1.165) is 25.1 Å². The summed E-state index contributed by atoms with van der Waals surface area (Å²) in [4.78, 5) is 14.8. The van der Waals surface area contributed by atoms with Gasteiger partial charge in [-0.1, -0.05) is 32.0 Å². The zero-order valence-corrected chi connectivity index (χ0v) is 14.6. The minimum absolute atomic E-state index is 0.110. The molecule has 1 aromatic carbocycles. The van der Waals surface area contributed by atoms with Crippen molar-refractivity contribution in [2.45, 2.75) is 32.7 Å². The zero-order chi connectivity index (χ0) is 17.8. The molecule has 0 radical (unpaired) electrons. The van der Waals surface area contributed by atoms with Crippen LogP contribution in [0.1, 0.15) is 32.3 Å². The molecule has 1 fully saturated rings. The average Bonchev–Trinajstić information content (AvgIpc) is 3.22. The van der Waals surface area contributed by atoms with Gasteiger partial charge in [0.05, 0.1) is 18.4 Å². The van der Waals surface area contributed by atoms with E-state index in [1.54, 1.807) is 4.68 Å². The van der Waals surface area contributed by atoms with Gasteiger partial charge in [0.25, 0.3) is 0 Å². The number of amides is 1. The highest BCUT2D eigenvalue weighted by Gasteiger charge is 2.28. The van der Waals surface area contributed by atoms with E-state index in [1.807, 2.05) is 30.3 Å². The van der Waals surface area contributed by atoms with E-state index in [2.05, 4.69) is 35.2 Å². The van der Waals surface area contributed by atoms with Crippen LogP contribution in [0.3, 0.4) is 0 Å². The number of benzene rings is 1. The molecule has 2 heterocycles. The average molecular weight is 337 g/mol. The van der Waals surface area contributed by atoms with Crippen LogP contribution < -0.4 is 5.32 Å². The molecule has 0 spiro atoms. The minimum Gasteiger partial charge on any atom is -0.308 e. The molecule has 1 aliphatic heterocycles. The highest BCUT2D eigenvalue weighted by atomic mass is 16.2. The van der Waals surface area contributed by atoms with Crippen molar-refractivity contribution in [3.63, 3.8) is 0 Å². The normalized spacial score (nSPS) is 17.6. The first-order valence-corrected chi connectivity index (χ1v) is 8.67. The number of likely N-dealkylation sites (tertiary alicyclic amines) is 1. The highest BCUT2D eigenvalue weighted by molar-refractivity contribution is 5.93. The van der Waals surface area contributed by atoms with Crippen molar-refractivity contribution < 1.29 is 4.79 Å². The number of nitriles is 1. The summed E-state index contributed by atoms with van der Waals surface area (Å²) < 4.78 is 1.60. The molecule has 130 valence electrons. The van der Waals surface area contributed by atoms with Crippen molar-refractivity contribution in [1.29, 1.82) is 5.26 Å². The Balaban J connectivity index is 1.77. The van der Waals surface area contributed by atoms with Gasteiger partial charge in [0.1, 0.15) is 11.6 Å². The molecule has 1 N–H and O–H groups in total. The van der Waals surface area contributed by atoms with Gasteiger partial charge in [-0.2, -0.15) is 10.4 Å². The van der Waals surface area contributed by atoms with Crippen LogP contribution in [0.25, 0.3) is 5.69 Å². The summed E-state index contributed by atoms with van der Waals surface area (Å²) >= 11 is 0. The van der Waals surface area contributed by atoms with E-state index < -0.39 is 0 Å². The Bertz CT molecular complexity index is 775. The Morgan fingerprint density at radius 2 is 2.16 bits per heavy atom. The molecule has 0 aliphatic carbocycles. The van der Waals surface area contributed by atoms with E-state index >= 15 is 0 Å². The fourth-order valence-electron chi connectivity index (χ4n) is 3.47. The molecule has 0 saturated carbocycles. The first kappa shape index (κ1) is 17.2. The second kappa shape index (κ2) is 7.49. The summed E-state index contributed by atoms with van der Waals surface area (Å²) in [5.74, 6) is 0.848. The van der Waals surface area contributed by atoms with Crippen LogP contribution in [0.4, 0.5) is 5.82 Å². The molecule has 3 rings (SSSR count). The van der Waals surface area contributed by atoms with Gasteiger partial charge in [0.15, 0.2) is 5.82 Å². The summed E-state index contributed by atoms with van der Waals surface area (Å²) in [7, 11) is 0. The monoisotopic (exact) mass is 337 g/mol. The lowest BCUT2D eigenvalue weighted by molar-refractivity contribution is -0.117. The summed E-state index contributed by atoms with van der Waals surface area (Å²) in [6, 6.07) is 12.0. The van der Waals surface area contributed by atoms with Gasteiger partial charge in [0.2, 0.25) is 5.91 Å². The van der Waals surface area contributed by atoms with Crippen LogP contribution in [0.2, 0.25) is 0 Å². The van der Waals surface area contributed by atoms with Crippen LogP contribution in [-0.2, 0) is 4.79 Å². The van der Waals surface area contributed by atoms with E-state index in [9.17, 15) is 10.1 Å². The topological polar surface area (TPSA) is 74.0 Å². The quantitative estimate of drug-likeness (QED) is 0.910. The lowest BCUT2D eigenvalue weighted by atomic mass is 10.0.